The molecule has 0 saturated heterocycles. The first-order valence-corrected chi connectivity index (χ1v) is 9.44. The molecule has 128 valence electrons. The van der Waals surface area contributed by atoms with Crippen LogP contribution in [-0.2, 0) is 26.9 Å². The molecular weight excluding hydrogens is 329 g/mol. The lowest BCUT2D eigenvalue weighted by molar-refractivity contribution is -0.120. The largest absolute Gasteiger partial charge is 0.352 e. The van der Waals surface area contributed by atoms with E-state index in [0.717, 1.165) is 16.7 Å². The summed E-state index contributed by atoms with van der Waals surface area (Å²) in [4.78, 5) is 11.8. The highest BCUT2D eigenvalue weighted by molar-refractivity contribution is 7.90. The van der Waals surface area contributed by atoms with Gasteiger partial charge in [-0.15, -0.1) is 0 Å². The summed E-state index contributed by atoms with van der Waals surface area (Å²) in [5.41, 5.74) is 2.43. The molecular formula is C18H20FNO3S. The number of benzene rings is 2. The molecule has 0 fully saturated rings. The fraction of sp³-hybridized carbons (Fsp3) is 0.278. The molecule has 0 radical (unpaired) electrons. The SMILES string of the molecule is Cc1ccccc1CS(=O)(=O)CCC(=O)NCc1ccc(F)cc1. The first-order chi connectivity index (χ1) is 11.4. The van der Waals surface area contributed by atoms with Crippen LogP contribution < -0.4 is 5.32 Å². The number of sulfone groups is 1. The molecule has 1 N–H and O–H groups in total. The Morgan fingerprint density at radius 1 is 1.08 bits per heavy atom. The van der Waals surface area contributed by atoms with Gasteiger partial charge in [-0.05, 0) is 35.7 Å². The summed E-state index contributed by atoms with van der Waals surface area (Å²) < 4.78 is 37.1. The normalized spacial score (nSPS) is 11.2. The summed E-state index contributed by atoms with van der Waals surface area (Å²) in [6.07, 6.45) is -0.0879. The third-order valence-electron chi connectivity index (χ3n) is 3.68. The molecule has 0 spiro atoms. The number of hydrogen-bond donors (Lipinski definition) is 1. The van der Waals surface area contributed by atoms with E-state index in [1.54, 1.807) is 24.3 Å². The van der Waals surface area contributed by atoms with Crippen molar-refractivity contribution in [2.75, 3.05) is 5.75 Å². The number of nitrogens with one attached hydrogen (secondary N) is 1. The van der Waals surface area contributed by atoms with Crippen LogP contribution in [0.25, 0.3) is 0 Å². The Balaban J connectivity index is 1.82. The highest BCUT2D eigenvalue weighted by Crippen LogP contribution is 2.12. The number of rotatable bonds is 7. The molecule has 0 aliphatic rings. The fourth-order valence-electron chi connectivity index (χ4n) is 2.22. The average molecular weight is 349 g/mol. The summed E-state index contributed by atoms with van der Waals surface area (Å²) in [6.45, 7) is 2.11. The van der Waals surface area contributed by atoms with Crippen LogP contribution in [0.2, 0.25) is 0 Å². The van der Waals surface area contributed by atoms with Crippen LogP contribution in [-0.4, -0.2) is 20.1 Å². The first kappa shape index (κ1) is 18.1. The zero-order valence-electron chi connectivity index (χ0n) is 13.5. The van der Waals surface area contributed by atoms with Crippen LogP contribution in [0.3, 0.4) is 0 Å². The van der Waals surface area contributed by atoms with E-state index in [4.69, 9.17) is 0 Å². The zero-order chi connectivity index (χ0) is 17.6. The molecule has 0 unspecified atom stereocenters. The van der Waals surface area contributed by atoms with E-state index in [2.05, 4.69) is 5.32 Å². The van der Waals surface area contributed by atoms with E-state index in [1.807, 2.05) is 19.1 Å². The minimum Gasteiger partial charge on any atom is -0.352 e. The van der Waals surface area contributed by atoms with Gasteiger partial charge >= 0.3 is 0 Å². The highest BCUT2D eigenvalue weighted by Gasteiger charge is 2.15. The van der Waals surface area contributed by atoms with Gasteiger partial charge in [-0.25, -0.2) is 12.8 Å². The number of amides is 1. The number of carbonyl (C=O) groups is 1. The maximum absolute atomic E-state index is 12.8. The van der Waals surface area contributed by atoms with Crippen LogP contribution in [0.15, 0.2) is 48.5 Å². The lowest BCUT2D eigenvalue weighted by Gasteiger charge is -2.08. The van der Waals surface area contributed by atoms with Crippen LogP contribution in [0.1, 0.15) is 23.1 Å². The number of hydrogen-bond acceptors (Lipinski definition) is 3. The Kier molecular flexibility index (Phi) is 6.09. The predicted octanol–water partition coefficient (Wildman–Crippen LogP) is 2.76. The molecule has 0 heterocycles. The van der Waals surface area contributed by atoms with Gasteiger partial charge in [-0.1, -0.05) is 36.4 Å². The van der Waals surface area contributed by atoms with Gasteiger partial charge in [0.15, 0.2) is 9.84 Å². The molecule has 0 atom stereocenters. The molecule has 0 aliphatic heterocycles. The van der Waals surface area contributed by atoms with Crippen LogP contribution in [0.4, 0.5) is 4.39 Å². The van der Waals surface area contributed by atoms with Crippen molar-refractivity contribution >= 4 is 15.7 Å². The Labute approximate surface area is 141 Å². The predicted molar refractivity (Wildman–Crippen MR) is 91.5 cm³/mol. The van der Waals surface area contributed by atoms with Gasteiger partial charge in [0, 0.05) is 13.0 Å². The molecule has 0 aromatic heterocycles. The summed E-state index contributed by atoms with van der Waals surface area (Å²) in [7, 11) is -3.35. The maximum atomic E-state index is 12.8. The highest BCUT2D eigenvalue weighted by atomic mass is 32.2. The van der Waals surface area contributed by atoms with Crippen molar-refractivity contribution in [3.05, 3.63) is 71.0 Å². The Morgan fingerprint density at radius 3 is 2.42 bits per heavy atom. The van der Waals surface area contributed by atoms with Gasteiger partial charge in [0.2, 0.25) is 5.91 Å². The van der Waals surface area contributed by atoms with E-state index in [0.29, 0.717) is 0 Å². The monoisotopic (exact) mass is 349 g/mol. The lowest BCUT2D eigenvalue weighted by Crippen LogP contribution is -2.25. The molecule has 6 heteroatoms. The molecule has 2 aromatic rings. The van der Waals surface area contributed by atoms with Gasteiger partial charge in [0.1, 0.15) is 5.82 Å². The summed E-state index contributed by atoms with van der Waals surface area (Å²) >= 11 is 0. The van der Waals surface area contributed by atoms with Gasteiger partial charge < -0.3 is 5.32 Å². The van der Waals surface area contributed by atoms with E-state index in [9.17, 15) is 17.6 Å². The van der Waals surface area contributed by atoms with Crippen LogP contribution >= 0.6 is 0 Å². The third kappa shape index (κ3) is 5.77. The second kappa shape index (κ2) is 8.06. The quantitative estimate of drug-likeness (QED) is 0.836. The minimum atomic E-state index is -3.35. The molecule has 2 aromatic carbocycles. The van der Waals surface area contributed by atoms with Gasteiger partial charge in [-0.3, -0.25) is 4.79 Å². The second-order valence-corrected chi connectivity index (χ2v) is 7.86. The van der Waals surface area contributed by atoms with Gasteiger partial charge in [0.05, 0.1) is 11.5 Å². The topological polar surface area (TPSA) is 63.2 Å². The number of aryl methyl sites for hydroxylation is 1. The summed E-state index contributed by atoms with van der Waals surface area (Å²) in [6, 6.07) is 13.1. The smallest absolute Gasteiger partial charge is 0.221 e. The molecule has 4 nitrogen and oxygen atoms in total. The van der Waals surface area contributed by atoms with E-state index in [1.165, 1.54) is 12.1 Å². The Bertz CT molecular complexity index is 801. The van der Waals surface area contributed by atoms with Gasteiger partial charge in [0.25, 0.3) is 0 Å². The van der Waals surface area contributed by atoms with Crippen molar-refractivity contribution in [3.63, 3.8) is 0 Å². The number of halogens is 1. The number of carbonyl (C=O) groups excluding carboxylic acids is 1. The van der Waals surface area contributed by atoms with Gasteiger partial charge in [-0.2, -0.15) is 0 Å². The molecule has 0 bridgehead atoms. The maximum Gasteiger partial charge on any atom is 0.221 e. The summed E-state index contributed by atoms with van der Waals surface area (Å²) in [5, 5.41) is 2.64. The Morgan fingerprint density at radius 2 is 1.75 bits per heavy atom. The average Bonchev–Trinajstić information content (AvgIpc) is 2.54. The minimum absolute atomic E-state index is 0.0646. The lowest BCUT2D eigenvalue weighted by atomic mass is 10.1. The molecule has 1 amide bonds. The first-order valence-electron chi connectivity index (χ1n) is 7.62. The van der Waals surface area contributed by atoms with Crippen molar-refractivity contribution in [2.45, 2.75) is 25.6 Å². The molecule has 24 heavy (non-hydrogen) atoms. The zero-order valence-corrected chi connectivity index (χ0v) is 14.3. The van der Waals surface area contributed by atoms with Crippen molar-refractivity contribution in [2.24, 2.45) is 0 Å². The molecule has 2 rings (SSSR count). The van der Waals surface area contributed by atoms with Crippen molar-refractivity contribution < 1.29 is 17.6 Å². The standard InChI is InChI=1S/C18H20FNO3S/c1-14-4-2-3-5-16(14)13-24(22,23)11-10-18(21)20-12-15-6-8-17(19)9-7-15/h2-9H,10-13H2,1H3,(H,20,21). The van der Waals surface area contributed by atoms with E-state index < -0.39 is 9.84 Å². The van der Waals surface area contributed by atoms with E-state index >= 15 is 0 Å². The van der Waals surface area contributed by atoms with Crippen LogP contribution in [0.5, 0.6) is 0 Å². The summed E-state index contributed by atoms with van der Waals surface area (Å²) in [5.74, 6) is -0.943. The van der Waals surface area contributed by atoms with E-state index in [-0.39, 0.29) is 36.2 Å². The van der Waals surface area contributed by atoms with Crippen molar-refractivity contribution in [1.82, 2.24) is 5.32 Å². The molecule has 0 saturated carbocycles. The van der Waals surface area contributed by atoms with Crippen molar-refractivity contribution in [1.29, 1.82) is 0 Å². The van der Waals surface area contributed by atoms with Crippen LogP contribution in [0, 0.1) is 12.7 Å². The Hall–Kier alpha value is -2.21. The molecule has 0 aliphatic carbocycles. The second-order valence-electron chi connectivity index (χ2n) is 5.67. The third-order valence-corrected chi connectivity index (χ3v) is 5.26. The van der Waals surface area contributed by atoms with Crippen molar-refractivity contribution in [3.8, 4) is 0 Å². The fourth-order valence-corrected chi connectivity index (χ4v) is 3.66.